The molecule has 0 amide bonds. The Morgan fingerprint density at radius 1 is 1.30 bits per heavy atom. The van der Waals surface area contributed by atoms with Gasteiger partial charge >= 0.3 is 0 Å². The summed E-state index contributed by atoms with van der Waals surface area (Å²) in [5.41, 5.74) is 7.36. The maximum atomic E-state index is 13.3. The first-order valence-electron chi connectivity index (χ1n) is 7.11. The predicted octanol–water partition coefficient (Wildman–Crippen LogP) is 1.94. The Morgan fingerprint density at radius 3 is 2.74 bits per heavy atom. The molecule has 6 nitrogen and oxygen atoms in total. The van der Waals surface area contributed by atoms with Gasteiger partial charge in [-0.25, -0.2) is 9.07 Å². The van der Waals surface area contributed by atoms with E-state index in [0.717, 1.165) is 38.5 Å². The average molecular weight is 362 g/mol. The highest BCUT2D eigenvalue weighted by Gasteiger charge is 2.16. The number of halogens is 3. The van der Waals surface area contributed by atoms with Crippen LogP contribution in [0.15, 0.2) is 18.2 Å². The molecule has 0 unspecified atom stereocenters. The summed E-state index contributed by atoms with van der Waals surface area (Å²) in [7, 11) is 0. The quantitative estimate of drug-likeness (QED) is 0.900. The molecule has 126 valence electrons. The van der Waals surface area contributed by atoms with Crippen LogP contribution in [0.2, 0.25) is 5.02 Å². The summed E-state index contributed by atoms with van der Waals surface area (Å²) >= 11 is 5.83. The molecule has 1 saturated heterocycles. The fourth-order valence-corrected chi connectivity index (χ4v) is 2.63. The van der Waals surface area contributed by atoms with Gasteiger partial charge in [-0.2, -0.15) is 0 Å². The molecule has 0 atom stereocenters. The van der Waals surface area contributed by atoms with Crippen molar-refractivity contribution in [1.29, 1.82) is 0 Å². The monoisotopic (exact) mass is 361 g/mol. The van der Waals surface area contributed by atoms with Crippen LogP contribution in [0.1, 0.15) is 5.69 Å². The Bertz CT molecular complexity index is 661. The van der Waals surface area contributed by atoms with E-state index in [2.05, 4.69) is 15.2 Å². The Labute approximate surface area is 144 Å². The molecule has 0 spiro atoms. The van der Waals surface area contributed by atoms with Gasteiger partial charge in [0.05, 0.1) is 29.6 Å². The minimum atomic E-state index is -0.464. The predicted molar refractivity (Wildman–Crippen MR) is 89.0 cm³/mol. The van der Waals surface area contributed by atoms with Gasteiger partial charge < -0.3 is 10.5 Å². The molecule has 2 aromatic rings. The van der Waals surface area contributed by atoms with Crippen LogP contribution in [0, 0.1) is 5.82 Å². The van der Waals surface area contributed by atoms with E-state index in [-0.39, 0.29) is 17.4 Å². The van der Waals surface area contributed by atoms with Crippen molar-refractivity contribution in [3.8, 4) is 5.69 Å². The second-order valence-corrected chi connectivity index (χ2v) is 5.54. The molecule has 0 saturated carbocycles. The Hall–Kier alpha value is -1.41. The van der Waals surface area contributed by atoms with Crippen molar-refractivity contribution >= 4 is 29.8 Å². The number of rotatable bonds is 4. The van der Waals surface area contributed by atoms with Crippen molar-refractivity contribution in [2.24, 2.45) is 0 Å². The van der Waals surface area contributed by atoms with Crippen molar-refractivity contribution in [3.05, 3.63) is 34.7 Å². The molecular formula is C14H18Cl2FN5O. The standard InChI is InChI=1S/C14H17ClFN5O.ClH/c15-11-9-10(1-2-12(11)16)21-13(14(17)18-19-21)3-4-20-5-7-22-8-6-20;/h1-2,9H,3-8,17H2;1H. The van der Waals surface area contributed by atoms with Gasteiger partial charge in [-0.15, -0.1) is 17.5 Å². The molecule has 1 fully saturated rings. The van der Waals surface area contributed by atoms with Crippen LogP contribution in [0.4, 0.5) is 10.2 Å². The minimum absolute atomic E-state index is 0. The van der Waals surface area contributed by atoms with Crippen LogP contribution >= 0.6 is 24.0 Å². The molecule has 23 heavy (non-hydrogen) atoms. The summed E-state index contributed by atoms with van der Waals surface area (Å²) < 4.78 is 20.2. The molecule has 2 N–H and O–H groups in total. The molecule has 3 rings (SSSR count). The third-order valence-corrected chi connectivity index (χ3v) is 4.00. The van der Waals surface area contributed by atoms with E-state index >= 15 is 0 Å². The first-order valence-corrected chi connectivity index (χ1v) is 7.48. The summed E-state index contributed by atoms with van der Waals surface area (Å²) in [5, 5.41) is 8.00. The van der Waals surface area contributed by atoms with Crippen LogP contribution < -0.4 is 5.73 Å². The third-order valence-electron chi connectivity index (χ3n) is 3.71. The topological polar surface area (TPSA) is 69.2 Å². The highest BCUT2D eigenvalue weighted by atomic mass is 35.5. The number of anilines is 1. The van der Waals surface area contributed by atoms with Gasteiger partial charge in [0.2, 0.25) is 0 Å². The highest BCUT2D eigenvalue weighted by Crippen LogP contribution is 2.21. The summed E-state index contributed by atoms with van der Waals surface area (Å²) in [4.78, 5) is 2.30. The number of hydrogen-bond donors (Lipinski definition) is 1. The molecule has 9 heteroatoms. The molecule has 1 aromatic heterocycles. The van der Waals surface area contributed by atoms with Gasteiger partial charge in [-0.05, 0) is 18.2 Å². The smallest absolute Gasteiger partial charge is 0.169 e. The SMILES string of the molecule is Cl.Nc1nnn(-c2ccc(F)c(Cl)c2)c1CCN1CCOCC1. The van der Waals surface area contributed by atoms with E-state index in [1.165, 1.54) is 12.1 Å². The Morgan fingerprint density at radius 2 is 2.04 bits per heavy atom. The molecule has 1 aliphatic heterocycles. The van der Waals surface area contributed by atoms with Crippen LogP contribution in [-0.2, 0) is 11.2 Å². The number of benzene rings is 1. The molecule has 1 aliphatic rings. The lowest BCUT2D eigenvalue weighted by Crippen LogP contribution is -2.37. The molecule has 1 aromatic carbocycles. The van der Waals surface area contributed by atoms with E-state index in [1.54, 1.807) is 10.7 Å². The average Bonchev–Trinajstić information content (AvgIpc) is 2.90. The van der Waals surface area contributed by atoms with E-state index in [1.807, 2.05) is 0 Å². The number of nitrogen functional groups attached to an aromatic ring is 1. The maximum Gasteiger partial charge on any atom is 0.169 e. The van der Waals surface area contributed by atoms with Crippen molar-refractivity contribution in [2.45, 2.75) is 6.42 Å². The van der Waals surface area contributed by atoms with Gasteiger partial charge in [0, 0.05) is 26.1 Å². The third kappa shape index (κ3) is 4.11. The maximum absolute atomic E-state index is 13.3. The molecular weight excluding hydrogens is 344 g/mol. The fourth-order valence-electron chi connectivity index (χ4n) is 2.46. The van der Waals surface area contributed by atoms with Gasteiger partial charge in [-0.1, -0.05) is 16.8 Å². The van der Waals surface area contributed by atoms with Crippen molar-refractivity contribution < 1.29 is 9.13 Å². The lowest BCUT2D eigenvalue weighted by Gasteiger charge is -2.26. The van der Waals surface area contributed by atoms with E-state index in [0.29, 0.717) is 17.9 Å². The van der Waals surface area contributed by atoms with Crippen LogP contribution in [0.5, 0.6) is 0 Å². The van der Waals surface area contributed by atoms with Crippen LogP contribution in [0.25, 0.3) is 5.69 Å². The Balaban J connectivity index is 0.00000192. The zero-order chi connectivity index (χ0) is 15.5. The number of nitrogens with zero attached hydrogens (tertiary/aromatic N) is 4. The summed E-state index contributed by atoms with van der Waals surface area (Å²) in [6, 6.07) is 4.43. The summed E-state index contributed by atoms with van der Waals surface area (Å²) in [6.07, 6.45) is 0.702. The second kappa shape index (κ2) is 7.92. The lowest BCUT2D eigenvalue weighted by molar-refractivity contribution is 0.0383. The number of morpholine rings is 1. The highest BCUT2D eigenvalue weighted by molar-refractivity contribution is 6.30. The second-order valence-electron chi connectivity index (χ2n) is 5.14. The minimum Gasteiger partial charge on any atom is -0.381 e. The summed E-state index contributed by atoms with van der Waals surface area (Å²) in [5.74, 6) is -0.0814. The number of hydrogen-bond acceptors (Lipinski definition) is 5. The van der Waals surface area contributed by atoms with Crippen molar-refractivity contribution in [2.75, 3.05) is 38.6 Å². The number of ether oxygens (including phenoxy) is 1. The zero-order valence-electron chi connectivity index (χ0n) is 12.4. The van der Waals surface area contributed by atoms with E-state index in [4.69, 9.17) is 22.1 Å². The van der Waals surface area contributed by atoms with Gasteiger partial charge in [-0.3, -0.25) is 4.90 Å². The fraction of sp³-hybridized carbons (Fsp3) is 0.429. The first kappa shape index (κ1) is 17.9. The van der Waals surface area contributed by atoms with Gasteiger partial charge in [0.25, 0.3) is 0 Å². The lowest BCUT2D eigenvalue weighted by atomic mass is 10.2. The summed E-state index contributed by atoms with van der Waals surface area (Å²) in [6.45, 7) is 4.16. The van der Waals surface area contributed by atoms with Gasteiger partial charge in [0.15, 0.2) is 5.82 Å². The van der Waals surface area contributed by atoms with E-state index < -0.39 is 5.82 Å². The molecule has 0 aliphatic carbocycles. The Kier molecular flexibility index (Phi) is 6.17. The van der Waals surface area contributed by atoms with Crippen molar-refractivity contribution in [1.82, 2.24) is 19.9 Å². The van der Waals surface area contributed by atoms with Crippen molar-refractivity contribution in [3.63, 3.8) is 0 Å². The molecule has 0 bridgehead atoms. The van der Waals surface area contributed by atoms with Crippen LogP contribution in [-0.4, -0.2) is 52.7 Å². The van der Waals surface area contributed by atoms with Crippen LogP contribution in [0.3, 0.4) is 0 Å². The van der Waals surface area contributed by atoms with Gasteiger partial charge in [0.1, 0.15) is 5.82 Å². The molecule has 2 heterocycles. The number of aromatic nitrogens is 3. The largest absolute Gasteiger partial charge is 0.381 e. The first-order chi connectivity index (χ1) is 10.6. The molecule has 0 radical (unpaired) electrons. The zero-order valence-corrected chi connectivity index (χ0v) is 14.0. The normalized spacial score (nSPS) is 15.4. The number of nitrogens with two attached hydrogens (primary N) is 1. The van der Waals surface area contributed by atoms with E-state index in [9.17, 15) is 4.39 Å².